The first-order valence-electron chi connectivity index (χ1n) is 10.3. The van der Waals surface area contributed by atoms with Gasteiger partial charge in [0.15, 0.2) is 0 Å². The average molecular weight is 424 g/mol. The molecule has 0 aliphatic carbocycles. The van der Waals surface area contributed by atoms with E-state index in [1.165, 1.54) is 0 Å². The highest BCUT2D eigenvalue weighted by Gasteiger charge is 2.48. The van der Waals surface area contributed by atoms with Gasteiger partial charge >= 0.3 is 6.03 Å². The Morgan fingerprint density at radius 2 is 1.87 bits per heavy atom. The predicted molar refractivity (Wildman–Crippen MR) is 119 cm³/mol. The molecule has 7 nitrogen and oxygen atoms in total. The van der Waals surface area contributed by atoms with E-state index < -0.39 is 23.4 Å². The van der Waals surface area contributed by atoms with Crippen molar-refractivity contribution in [1.82, 2.24) is 10.2 Å². The average Bonchev–Trinajstić information content (AvgIpc) is 2.92. The van der Waals surface area contributed by atoms with Gasteiger partial charge in [-0.15, -0.1) is 0 Å². The molecular weight excluding hydrogens is 394 g/mol. The zero-order valence-electron chi connectivity index (χ0n) is 18.6. The molecule has 0 spiro atoms. The van der Waals surface area contributed by atoms with Gasteiger partial charge in [-0.2, -0.15) is 0 Å². The maximum absolute atomic E-state index is 13.1. The molecule has 2 aromatic carbocycles. The summed E-state index contributed by atoms with van der Waals surface area (Å²) in [5.41, 5.74) is 2.31. The van der Waals surface area contributed by atoms with Crippen LogP contribution in [0.5, 0.6) is 5.75 Å². The van der Waals surface area contributed by atoms with Crippen molar-refractivity contribution in [3.63, 3.8) is 0 Å². The Balaban J connectivity index is 1.75. The summed E-state index contributed by atoms with van der Waals surface area (Å²) >= 11 is 0. The lowest BCUT2D eigenvalue weighted by Gasteiger charge is -2.23. The first-order valence-corrected chi connectivity index (χ1v) is 10.3. The number of hydrogen-bond donors (Lipinski definition) is 2. The van der Waals surface area contributed by atoms with E-state index in [1.807, 2.05) is 57.2 Å². The molecule has 1 aliphatic rings. The predicted octanol–water partition coefficient (Wildman–Crippen LogP) is 3.62. The maximum atomic E-state index is 13.1. The van der Waals surface area contributed by atoms with Gasteiger partial charge < -0.3 is 15.4 Å². The molecule has 0 bridgehead atoms. The van der Waals surface area contributed by atoms with E-state index in [0.717, 1.165) is 27.3 Å². The molecule has 2 N–H and O–H groups in total. The van der Waals surface area contributed by atoms with Crippen molar-refractivity contribution in [3.05, 3.63) is 59.2 Å². The lowest BCUT2D eigenvalue weighted by atomic mass is 9.92. The quantitative estimate of drug-likeness (QED) is 0.666. The molecule has 1 heterocycles. The number of rotatable bonds is 7. The van der Waals surface area contributed by atoms with Crippen molar-refractivity contribution in [2.75, 3.05) is 19.0 Å². The molecule has 31 heavy (non-hydrogen) atoms. The van der Waals surface area contributed by atoms with Crippen molar-refractivity contribution >= 4 is 23.5 Å². The van der Waals surface area contributed by atoms with Crippen LogP contribution in [-0.2, 0) is 16.0 Å². The third-order valence-corrected chi connectivity index (χ3v) is 5.57. The first kappa shape index (κ1) is 22.3. The first-order chi connectivity index (χ1) is 14.7. The van der Waals surface area contributed by atoms with E-state index >= 15 is 0 Å². The van der Waals surface area contributed by atoms with Crippen LogP contribution in [0.25, 0.3) is 0 Å². The van der Waals surface area contributed by atoms with Crippen molar-refractivity contribution in [1.29, 1.82) is 0 Å². The number of urea groups is 1. The van der Waals surface area contributed by atoms with E-state index in [2.05, 4.69) is 10.6 Å². The van der Waals surface area contributed by atoms with Crippen LogP contribution < -0.4 is 15.4 Å². The summed E-state index contributed by atoms with van der Waals surface area (Å²) in [7, 11) is 1.56. The number of carbonyl (C=O) groups excluding carboxylic acids is 3. The molecular formula is C24H29N3O4. The number of methoxy groups -OCH3 is 1. The molecule has 3 rings (SSSR count). The second-order valence-electron chi connectivity index (χ2n) is 8.38. The standard InChI is InChI=1S/C24H29N3O4/c1-15(2)18-11-8-9-16(3)21(18)25-20(28)14-27-22(29)24(4,26-23(27)30)13-17-10-6-7-12-19(17)31-5/h6-12,15H,13-14H2,1-5H3,(H,25,28)(H,26,30)/t24-/m0/s1. The van der Waals surface area contributed by atoms with E-state index in [9.17, 15) is 14.4 Å². The Bertz CT molecular complexity index is 1020. The summed E-state index contributed by atoms with van der Waals surface area (Å²) in [6.45, 7) is 7.32. The fraction of sp³-hybridized carbons (Fsp3) is 0.375. The Kier molecular flexibility index (Phi) is 6.34. The van der Waals surface area contributed by atoms with Crippen LogP contribution in [0.3, 0.4) is 0 Å². The highest BCUT2D eigenvalue weighted by molar-refractivity contribution is 6.10. The molecule has 1 atom stereocenters. The molecule has 4 amide bonds. The number of benzene rings is 2. The van der Waals surface area contributed by atoms with Crippen LogP contribution in [0, 0.1) is 6.92 Å². The van der Waals surface area contributed by atoms with Crippen molar-refractivity contribution < 1.29 is 19.1 Å². The van der Waals surface area contributed by atoms with Crippen LogP contribution in [-0.4, -0.2) is 41.9 Å². The van der Waals surface area contributed by atoms with Gasteiger partial charge in [0.1, 0.15) is 17.8 Å². The zero-order chi connectivity index (χ0) is 22.8. The lowest BCUT2D eigenvalue weighted by Crippen LogP contribution is -2.46. The minimum Gasteiger partial charge on any atom is -0.496 e. The van der Waals surface area contributed by atoms with Crippen LogP contribution in [0.2, 0.25) is 0 Å². The second-order valence-corrected chi connectivity index (χ2v) is 8.38. The summed E-state index contributed by atoms with van der Waals surface area (Å²) in [6, 6.07) is 12.6. The van der Waals surface area contributed by atoms with Crippen molar-refractivity contribution in [2.24, 2.45) is 0 Å². The minimum atomic E-state index is -1.16. The van der Waals surface area contributed by atoms with E-state index in [-0.39, 0.29) is 18.9 Å². The zero-order valence-corrected chi connectivity index (χ0v) is 18.6. The summed E-state index contributed by atoms with van der Waals surface area (Å²) in [5.74, 6) is 0.00691. The van der Waals surface area contributed by atoms with Crippen LogP contribution in [0.1, 0.15) is 43.4 Å². The second kappa shape index (κ2) is 8.79. The molecule has 0 saturated carbocycles. The summed E-state index contributed by atoms with van der Waals surface area (Å²) < 4.78 is 5.36. The summed E-state index contributed by atoms with van der Waals surface area (Å²) in [4.78, 5) is 39.4. The number of amides is 4. The molecule has 7 heteroatoms. The highest BCUT2D eigenvalue weighted by atomic mass is 16.5. The Hall–Kier alpha value is -3.35. The van der Waals surface area contributed by atoms with Gasteiger partial charge in [0, 0.05) is 12.1 Å². The smallest absolute Gasteiger partial charge is 0.325 e. The number of carbonyl (C=O) groups is 3. The van der Waals surface area contributed by atoms with Crippen LogP contribution in [0.4, 0.5) is 10.5 Å². The van der Waals surface area contributed by atoms with Gasteiger partial charge in [-0.05, 0) is 42.5 Å². The number of anilines is 1. The third-order valence-electron chi connectivity index (χ3n) is 5.57. The summed E-state index contributed by atoms with van der Waals surface area (Å²) in [5, 5.41) is 5.63. The number of imide groups is 1. The third kappa shape index (κ3) is 4.55. The monoisotopic (exact) mass is 423 g/mol. The number of nitrogens with zero attached hydrogens (tertiary/aromatic N) is 1. The normalized spacial score (nSPS) is 18.3. The fourth-order valence-corrected chi connectivity index (χ4v) is 3.91. The Morgan fingerprint density at radius 1 is 1.16 bits per heavy atom. The van der Waals surface area contributed by atoms with Crippen LogP contribution >= 0.6 is 0 Å². The van der Waals surface area contributed by atoms with Crippen LogP contribution in [0.15, 0.2) is 42.5 Å². The molecule has 0 unspecified atom stereocenters. The number of nitrogens with one attached hydrogen (secondary N) is 2. The molecule has 1 fully saturated rings. The summed E-state index contributed by atoms with van der Waals surface area (Å²) in [6.07, 6.45) is 0.259. The Morgan fingerprint density at radius 3 is 2.55 bits per heavy atom. The van der Waals surface area contributed by atoms with E-state index in [4.69, 9.17) is 4.74 Å². The number of ether oxygens (including phenoxy) is 1. The minimum absolute atomic E-state index is 0.219. The van der Waals surface area contributed by atoms with Gasteiger partial charge in [-0.25, -0.2) is 4.79 Å². The molecule has 1 saturated heterocycles. The van der Waals surface area contributed by atoms with Gasteiger partial charge in [0.05, 0.1) is 7.11 Å². The number of para-hydroxylation sites is 2. The fourth-order valence-electron chi connectivity index (χ4n) is 3.91. The van der Waals surface area contributed by atoms with Gasteiger partial charge in [-0.3, -0.25) is 14.5 Å². The van der Waals surface area contributed by atoms with E-state index in [1.54, 1.807) is 20.1 Å². The molecule has 1 aliphatic heterocycles. The SMILES string of the molecule is COc1ccccc1C[C@]1(C)NC(=O)N(CC(=O)Nc2c(C)cccc2C(C)C)C1=O. The maximum Gasteiger partial charge on any atom is 0.325 e. The molecule has 0 radical (unpaired) electrons. The highest BCUT2D eigenvalue weighted by Crippen LogP contribution is 2.29. The van der Waals surface area contributed by atoms with E-state index in [0.29, 0.717) is 5.75 Å². The lowest BCUT2D eigenvalue weighted by molar-refractivity contribution is -0.133. The largest absolute Gasteiger partial charge is 0.496 e. The molecule has 0 aromatic heterocycles. The van der Waals surface area contributed by atoms with Gasteiger partial charge in [-0.1, -0.05) is 50.2 Å². The Labute approximate surface area is 182 Å². The molecule has 164 valence electrons. The van der Waals surface area contributed by atoms with Gasteiger partial charge in [0.2, 0.25) is 5.91 Å². The van der Waals surface area contributed by atoms with Gasteiger partial charge in [0.25, 0.3) is 5.91 Å². The van der Waals surface area contributed by atoms with Crippen molar-refractivity contribution in [2.45, 2.75) is 45.6 Å². The molecule has 2 aromatic rings. The van der Waals surface area contributed by atoms with Crippen molar-refractivity contribution in [3.8, 4) is 5.75 Å². The number of hydrogen-bond acceptors (Lipinski definition) is 4. The number of aryl methyl sites for hydroxylation is 1. The topological polar surface area (TPSA) is 87.7 Å².